The molecule has 3 rings (SSSR count). The standard InChI is InChI=1S/C13H17NO2S/c15-13(16)11-5-6-12(11)14(9-3-4-9)8-10-2-1-7-17-10/h1-2,7,9,11-12H,3-6,8H2,(H,15,16). The minimum Gasteiger partial charge on any atom is -0.481 e. The summed E-state index contributed by atoms with van der Waals surface area (Å²) in [5, 5.41) is 11.2. The van der Waals surface area contributed by atoms with Crippen LogP contribution in [0.5, 0.6) is 0 Å². The van der Waals surface area contributed by atoms with E-state index in [2.05, 4.69) is 22.4 Å². The first-order valence-electron chi connectivity index (χ1n) is 6.26. The molecular weight excluding hydrogens is 234 g/mol. The number of nitrogens with zero attached hydrogens (tertiary/aromatic N) is 1. The average molecular weight is 251 g/mol. The predicted molar refractivity (Wildman–Crippen MR) is 67.0 cm³/mol. The number of carbonyl (C=O) groups is 1. The Bertz CT molecular complexity index is 400. The normalized spacial score (nSPS) is 28.1. The Balaban J connectivity index is 1.70. The van der Waals surface area contributed by atoms with Gasteiger partial charge in [0.2, 0.25) is 0 Å². The fraction of sp³-hybridized carbons (Fsp3) is 0.615. The molecule has 0 radical (unpaired) electrons. The SMILES string of the molecule is O=C(O)C1CCC1N(Cc1cccs1)C1CC1. The molecule has 92 valence electrons. The van der Waals surface area contributed by atoms with Crippen molar-refractivity contribution in [3.05, 3.63) is 22.4 Å². The molecule has 17 heavy (non-hydrogen) atoms. The lowest BCUT2D eigenvalue weighted by atomic mass is 9.78. The molecule has 0 amide bonds. The monoisotopic (exact) mass is 251 g/mol. The molecule has 2 aliphatic carbocycles. The van der Waals surface area contributed by atoms with Crippen LogP contribution in [-0.4, -0.2) is 28.1 Å². The first-order valence-corrected chi connectivity index (χ1v) is 7.14. The molecule has 2 atom stereocenters. The van der Waals surface area contributed by atoms with Gasteiger partial charge in [-0.2, -0.15) is 0 Å². The third-order valence-electron chi connectivity index (χ3n) is 3.92. The average Bonchev–Trinajstić information content (AvgIpc) is 2.94. The number of aliphatic carboxylic acids is 1. The van der Waals surface area contributed by atoms with Crippen LogP contribution in [0.3, 0.4) is 0 Å². The van der Waals surface area contributed by atoms with Crippen molar-refractivity contribution in [1.82, 2.24) is 4.90 Å². The van der Waals surface area contributed by atoms with Crippen LogP contribution in [0, 0.1) is 5.92 Å². The molecule has 2 fully saturated rings. The summed E-state index contributed by atoms with van der Waals surface area (Å²) < 4.78 is 0. The van der Waals surface area contributed by atoms with Crippen molar-refractivity contribution in [1.29, 1.82) is 0 Å². The van der Waals surface area contributed by atoms with Crippen molar-refractivity contribution < 1.29 is 9.90 Å². The van der Waals surface area contributed by atoms with Gasteiger partial charge in [-0.3, -0.25) is 9.69 Å². The van der Waals surface area contributed by atoms with Gasteiger partial charge >= 0.3 is 5.97 Å². The van der Waals surface area contributed by atoms with Crippen molar-refractivity contribution in [3.63, 3.8) is 0 Å². The molecule has 3 nitrogen and oxygen atoms in total. The smallest absolute Gasteiger partial charge is 0.308 e. The van der Waals surface area contributed by atoms with E-state index < -0.39 is 5.97 Å². The van der Waals surface area contributed by atoms with Gasteiger partial charge in [-0.25, -0.2) is 0 Å². The number of hydrogen-bond acceptors (Lipinski definition) is 3. The van der Waals surface area contributed by atoms with Crippen LogP contribution in [0.15, 0.2) is 17.5 Å². The second-order valence-electron chi connectivity index (χ2n) is 5.07. The van der Waals surface area contributed by atoms with Crippen molar-refractivity contribution in [2.45, 2.75) is 44.3 Å². The second-order valence-corrected chi connectivity index (χ2v) is 6.10. The summed E-state index contributed by atoms with van der Waals surface area (Å²) in [4.78, 5) is 14.9. The fourth-order valence-electron chi connectivity index (χ4n) is 2.67. The van der Waals surface area contributed by atoms with Crippen LogP contribution in [0.25, 0.3) is 0 Å². The summed E-state index contributed by atoms with van der Waals surface area (Å²) in [7, 11) is 0. The second kappa shape index (κ2) is 4.42. The summed E-state index contributed by atoms with van der Waals surface area (Å²) >= 11 is 1.77. The van der Waals surface area contributed by atoms with Gasteiger partial charge in [-0.1, -0.05) is 6.07 Å². The Morgan fingerprint density at radius 1 is 1.41 bits per heavy atom. The number of carboxylic acid groups (broad SMARTS) is 1. The van der Waals surface area contributed by atoms with E-state index in [0.717, 1.165) is 19.4 Å². The molecule has 1 aromatic heterocycles. The van der Waals surface area contributed by atoms with Crippen LogP contribution in [-0.2, 0) is 11.3 Å². The topological polar surface area (TPSA) is 40.5 Å². The van der Waals surface area contributed by atoms with Crippen molar-refractivity contribution in [2.24, 2.45) is 5.92 Å². The Hall–Kier alpha value is -0.870. The van der Waals surface area contributed by atoms with Gasteiger partial charge in [0.15, 0.2) is 0 Å². The highest BCUT2D eigenvalue weighted by Gasteiger charge is 2.45. The van der Waals surface area contributed by atoms with Crippen molar-refractivity contribution >= 4 is 17.3 Å². The molecule has 0 aliphatic heterocycles. The van der Waals surface area contributed by atoms with Crippen molar-refractivity contribution in [2.75, 3.05) is 0 Å². The van der Waals surface area contributed by atoms with Crippen LogP contribution in [0.2, 0.25) is 0 Å². The van der Waals surface area contributed by atoms with E-state index >= 15 is 0 Å². The van der Waals surface area contributed by atoms with Gasteiger partial charge in [0, 0.05) is 23.5 Å². The molecule has 2 aliphatic rings. The van der Waals surface area contributed by atoms with Gasteiger partial charge in [-0.05, 0) is 37.1 Å². The summed E-state index contributed by atoms with van der Waals surface area (Å²) in [6.45, 7) is 0.941. The fourth-order valence-corrected chi connectivity index (χ4v) is 3.39. The van der Waals surface area contributed by atoms with E-state index in [1.165, 1.54) is 17.7 Å². The minimum atomic E-state index is -0.613. The van der Waals surface area contributed by atoms with Crippen LogP contribution < -0.4 is 0 Å². The molecule has 2 unspecified atom stereocenters. The lowest BCUT2D eigenvalue weighted by Gasteiger charge is -2.42. The van der Waals surface area contributed by atoms with Gasteiger partial charge in [-0.15, -0.1) is 11.3 Å². The maximum atomic E-state index is 11.1. The quantitative estimate of drug-likeness (QED) is 0.874. The number of carboxylic acids is 1. The lowest BCUT2D eigenvalue weighted by molar-refractivity contribution is -0.149. The first kappa shape index (κ1) is 11.2. The summed E-state index contributed by atoms with van der Waals surface area (Å²) in [5.74, 6) is -0.742. The Labute approximate surface area is 105 Å². The van der Waals surface area contributed by atoms with Crippen LogP contribution in [0.4, 0.5) is 0 Å². The Morgan fingerprint density at radius 3 is 2.71 bits per heavy atom. The third-order valence-corrected chi connectivity index (χ3v) is 4.78. The Morgan fingerprint density at radius 2 is 2.24 bits per heavy atom. The highest BCUT2D eigenvalue weighted by molar-refractivity contribution is 7.09. The summed E-state index contributed by atoms with van der Waals surface area (Å²) in [6, 6.07) is 5.14. The van der Waals surface area contributed by atoms with E-state index in [9.17, 15) is 4.79 Å². The molecule has 2 saturated carbocycles. The van der Waals surface area contributed by atoms with Gasteiger partial charge in [0.05, 0.1) is 5.92 Å². The molecule has 0 saturated heterocycles. The van der Waals surface area contributed by atoms with Crippen LogP contribution in [0.1, 0.15) is 30.6 Å². The highest BCUT2D eigenvalue weighted by atomic mass is 32.1. The molecule has 4 heteroatoms. The summed E-state index contributed by atoms with van der Waals surface area (Å²) in [6.07, 6.45) is 4.40. The lowest BCUT2D eigenvalue weighted by Crippen LogP contribution is -2.50. The largest absolute Gasteiger partial charge is 0.481 e. The predicted octanol–water partition coefficient (Wildman–Crippen LogP) is 2.58. The molecule has 1 N–H and O–H groups in total. The van der Waals surface area contributed by atoms with E-state index in [0.29, 0.717) is 6.04 Å². The van der Waals surface area contributed by atoms with E-state index in [-0.39, 0.29) is 12.0 Å². The molecule has 1 aromatic rings. The maximum absolute atomic E-state index is 11.1. The zero-order valence-electron chi connectivity index (χ0n) is 9.71. The molecule has 1 heterocycles. The maximum Gasteiger partial charge on any atom is 0.308 e. The molecule has 0 bridgehead atoms. The van der Waals surface area contributed by atoms with Crippen LogP contribution >= 0.6 is 11.3 Å². The summed E-state index contributed by atoms with van der Waals surface area (Å²) in [5.41, 5.74) is 0. The van der Waals surface area contributed by atoms with Gasteiger partial charge < -0.3 is 5.11 Å². The van der Waals surface area contributed by atoms with Crippen molar-refractivity contribution in [3.8, 4) is 0 Å². The van der Waals surface area contributed by atoms with E-state index in [4.69, 9.17) is 5.11 Å². The van der Waals surface area contributed by atoms with Gasteiger partial charge in [0.1, 0.15) is 0 Å². The first-order chi connectivity index (χ1) is 8.25. The van der Waals surface area contributed by atoms with E-state index in [1.54, 1.807) is 11.3 Å². The Kier molecular flexibility index (Phi) is 2.92. The number of thiophene rings is 1. The number of hydrogen-bond donors (Lipinski definition) is 1. The number of rotatable bonds is 5. The highest BCUT2D eigenvalue weighted by Crippen LogP contribution is 2.40. The minimum absolute atomic E-state index is 0.129. The third kappa shape index (κ3) is 2.24. The molecule has 0 aromatic carbocycles. The molecular formula is C13H17NO2S. The zero-order chi connectivity index (χ0) is 11.8. The molecule has 0 spiro atoms. The van der Waals surface area contributed by atoms with Gasteiger partial charge in [0.25, 0.3) is 0 Å². The van der Waals surface area contributed by atoms with E-state index in [1.807, 2.05) is 0 Å². The zero-order valence-corrected chi connectivity index (χ0v) is 10.5.